The van der Waals surface area contributed by atoms with E-state index in [0.29, 0.717) is 11.7 Å². The Hall–Kier alpha value is -1.11. The number of rotatable bonds is 2. The molecule has 1 aromatic rings. The molecule has 2 rings (SSSR count). The number of hydrogen-bond donors (Lipinski definition) is 0. The Morgan fingerprint density at radius 2 is 1.72 bits per heavy atom. The van der Waals surface area contributed by atoms with Crippen molar-refractivity contribution >= 4 is 5.78 Å². The number of carbonyl (C=O) groups excluding carboxylic acids is 1. The lowest BCUT2D eigenvalue weighted by molar-refractivity contribution is 0.0920. The molecule has 1 aromatic carbocycles. The molecule has 0 radical (unpaired) electrons. The SMILES string of the molecule is CC1CCC(C(=O)c2ccc(C(C)(C)C)cc2)C1. The van der Waals surface area contributed by atoms with Gasteiger partial charge in [-0.3, -0.25) is 4.79 Å². The van der Waals surface area contributed by atoms with Crippen LogP contribution in [0.15, 0.2) is 24.3 Å². The van der Waals surface area contributed by atoms with Gasteiger partial charge in [0.05, 0.1) is 0 Å². The highest BCUT2D eigenvalue weighted by molar-refractivity contribution is 5.98. The van der Waals surface area contributed by atoms with Gasteiger partial charge in [-0.1, -0.05) is 52.0 Å². The molecular weight excluding hydrogens is 220 g/mol. The Bertz CT molecular complexity index is 422. The molecule has 1 heteroatoms. The van der Waals surface area contributed by atoms with E-state index in [4.69, 9.17) is 0 Å². The van der Waals surface area contributed by atoms with Crippen molar-refractivity contribution in [3.63, 3.8) is 0 Å². The summed E-state index contributed by atoms with van der Waals surface area (Å²) < 4.78 is 0. The molecule has 0 amide bonds. The molecule has 1 nitrogen and oxygen atoms in total. The molecule has 0 bridgehead atoms. The van der Waals surface area contributed by atoms with E-state index in [1.54, 1.807) is 0 Å². The quantitative estimate of drug-likeness (QED) is 0.695. The normalized spacial score (nSPS) is 24.2. The predicted octanol–water partition coefficient (Wildman–Crippen LogP) is 4.60. The fraction of sp³-hybridized carbons (Fsp3) is 0.588. The molecule has 1 saturated carbocycles. The Labute approximate surface area is 111 Å². The van der Waals surface area contributed by atoms with Crippen LogP contribution in [-0.2, 0) is 5.41 Å². The minimum atomic E-state index is 0.156. The third kappa shape index (κ3) is 2.82. The molecular formula is C17H24O. The van der Waals surface area contributed by atoms with Gasteiger partial charge in [0.25, 0.3) is 0 Å². The standard InChI is InChI=1S/C17H24O/c1-12-5-6-14(11-12)16(18)13-7-9-15(10-8-13)17(2,3)4/h7-10,12,14H,5-6,11H2,1-4H3. The van der Waals surface area contributed by atoms with Gasteiger partial charge in [-0.15, -0.1) is 0 Å². The zero-order valence-corrected chi connectivity index (χ0v) is 12.0. The van der Waals surface area contributed by atoms with Crippen molar-refractivity contribution in [1.82, 2.24) is 0 Å². The van der Waals surface area contributed by atoms with Crippen molar-refractivity contribution in [2.45, 2.75) is 52.4 Å². The van der Waals surface area contributed by atoms with E-state index in [1.807, 2.05) is 12.1 Å². The average Bonchev–Trinajstić information content (AvgIpc) is 2.74. The van der Waals surface area contributed by atoms with Gasteiger partial charge in [0.15, 0.2) is 5.78 Å². The van der Waals surface area contributed by atoms with Crippen LogP contribution >= 0.6 is 0 Å². The highest BCUT2D eigenvalue weighted by Gasteiger charge is 2.28. The minimum absolute atomic E-state index is 0.156. The second kappa shape index (κ2) is 4.87. The van der Waals surface area contributed by atoms with E-state index >= 15 is 0 Å². The summed E-state index contributed by atoms with van der Waals surface area (Å²) in [4.78, 5) is 12.4. The molecule has 0 aliphatic heterocycles. The fourth-order valence-electron chi connectivity index (χ4n) is 2.82. The maximum atomic E-state index is 12.4. The van der Waals surface area contributed by atoms with E-state index in [2.05, 4.69) is 39.8 Å². The summed E-state index contributed by atoms with van der Waals surface area (Å²) in [5.74, 6) is 1.33. The van der Waals surface area contributed by atoms with Gasteiger partial charge in [-0.25, -0.2) is 0 Å². The summed E-state index contributed by atoms with van der Waals surface area (Å²) in [6.45, 7) is 8.84. The van der Waals surface area contributed by atoms with E-state index < -0.39 is 0 Å². The lowest BCUT2D eigenvalue weighted by Crippen LogP contribution is -2.14. The maximum Gasteiger partial charge on any atom is 0.165 e. The number of benzene rings is 1. The lowest BCUT2D eigenvalue weighted by Gasteiger charge is -2.19. The predicted molar refractivity (Wildman–Crippen MR) is 76.0 cm³/mol. The van der Waals surface area contributed by atoms with Gasteiger partial charge in [-0.05, 0) is 36.2 Å². The molecule has 98 valence electrons. The lowest BCUT2D eigenvalue weighted by atomic mass is 9.85. The monoisotopic (exact) mass is 244 g/mol. The molecule has 0 spiro atoms. The van der Waals surface area contributed by atoms with Crippen LogP contribution in [0, 0.1) is 11.8 Å². The Morgan fingerprint density at radius 1 is 1.11 bits per heavy atom. The van der Waals surface area contributed by atoms with E-state index in [9.17, 15) is 4.79 Å². The van der Waals surface area contributed by atoms with Crippen LogP contribution in [-0.4, -0.2) is 5.78 Å². The smallest absolute Gasteiger partial charge is 0.165 e. The first-order valence-electron chi connectivity index (χ1n) is 7.02. The van der Waals surface area contributed by atoms with Crippen molar-refractivity contribution in [2.24, 2.45) is 11.8 Å². The van der Waals surface area contributed by atoms with Crippen LogP contribution in [0.25, 0.3) is 0 Å². The highest BCUT2D eigenvalue weighted by atomic mass is 16.1. The van der Waals surface area contributed by atoms with Crippen LogP contribution in [0.2, 0.25) is 0 Å². The van der Waals surface area contributed by atoms with E-state index in [-0.39, 0.29) is 11.3 Å². The van der Waals surface area contributed by atoms with Crippen LogP contribution in [0.4, 0.5) is 0 Å². The van der Waals surface area contributed by atoms with E-state index in [1.165, 1.54) is 12.0 Å². The van der Waals surface area contributed by atoms with Gasteiger partial charge in [0.1, 0.15) is 0 Å². The summed E-state index contributed by atoms with van der Waals surface area (Å²) in [5.41, 5.74) is 2.34. The minimum Gasteiger partial charge on any atom is -0.294 e. The van der Waals surface area contributed by atoms with E-state index in [0.717, 1.165) is 18.4 Å². The molecule has 1 aliphatic rings. The van der Waals surface area contributed by atoms with Crippen molar-refractivity contribution in [3.05, 3.63) is 35.4 Å². The second-order valence-electron chi connectivity index (χ2n) is 6.81. The van der Waals surface area contributed by atoms with Crippen LogP contribution < -0.4 is 0 Å². The molecule has 2 unspecified atom stereocenters. The molecule has 0 N–H and O–H groups in total. The van der Waals surface area contributed by atoms with Gasteiger partial charge in [0.2, 0.25) is 0 Å². The van der Waals surface area contributed by atoms with Crippen molar-refractivity contribution in [1.29, 1.82) is 0 Å². The Balaban J connectivity index is 2.12. The zero-order valence-electron chi connectivity index (χ0n) is 12.0. The summed E-state index contributed by atoms with van der Waals surface area (Å²) >= 11 is 0. The van der Waals surface area contributed by atoms with Crippen molar-refractivity contribution in [3.8, 4) is 0 Å². The zero-order chi connectivity index (χ0) is 13.3. The Morgan fingerprint density at radius 3 is 2.17 bits per heavy atom. The van der Waals surface area contributed by atoms with Gasteiger partial charge in [-0.2, -0.15) is 0 Å². The number of hydrogen-bond acceptors (Lipinski definition) is 1. The molecule has 0 heterocycles. The first-order chi connectivity index (χ1) is 8.38. The van der Waals surface area contributed by atoms with Gasteiger partial charge < -0.3 is 0 Å². The third-order valence-electron chi connectivity index (χ3n) is 4.10. The molecule has 18 heavy (non-hydrogen) atoms. The molecule has 2 atom stereocenters. The average molecular weight is 244 g/mol. The van der Waals surface area contributed by atoms with Crippen molar-refractivity contribution < 1.29 is 4.79 Å². The fourth-order valence-corrected chi connectivity index (χ4v) is 2.82. The van der Waals surface area contributed by atoms with Crippen LogP contribution in [0.1, 0.15) is 62.9 Å². The summed E-state index contributed by atoms with van der Waals surface area (Å²) in [7, 11) is 0. The highest BCUT2D eigenvalue weighted by Crippen LogP contribution is 2.33. The van der Waals surface area contributed by atoms with Gasteiger partial charge >= 0.3 is 0 Å². The molecule has 0 aromatic heterocycles. The largest absolute Gasteiger partial charge is 0.294 e. The summed E-state index contributed by atoms with van der Waals surface area (Å²) in [6, 6.07) is 8.22. The molecule has 1 fully saturated rings. The Kier molecular flexibility index (Phi) is 3.61. The topological polar surface area (TPSA) is 17.1 Å². The van der Waals surface area contributed by atoms with Crippen LogP contribution in [0.3, 0.4) is 0 Å². The first kappa shape index (κ1) is 13.3. The third-order valence-corrected chi connectivity index (χ3v) is 4.10. The second-order valence-corrected chi connectivity index (χ2v) is 6.81. The molecule has 1 aliphatic carbocycles. The summed E-state index contributed by atoms with van der Waals surface area (Å²) in [5, 5.41) is 0. The van der Waals surface area contributed by atoms with Crippen molar-refractivity contribution in [2.75, 3.05) is 0 Å². The summed E-state index contributed by atoms with van der Waals surface area (Å²) in [6.07, 6.45) is 3.34. The maximum absolute atomic E-state index is 12.4. The van der Waals surface area contributed by atoms with Crippen LogP contribution in [0.5, 0.6) is 0 Å². The van der Waals surface area contributed by atoms with Gasteiger partial charge in [0, 0.05) is 11.5 Å². The number of carbonyl (C=O) groups is 1. The number of Topliss-reactive ketones (excluding diaryl/α,β-unsaturated/α-hetero) is 1. The molecule has 0 saturated heterocycles. The number of ketones is 1. The first-order valence-corrected chi connectivity index (χ1v) is 7.02.